The maximum Gasteiger partial charge on any atom is 0.407 e. The van der Waals surface area contributed by atoms with Crippen LogP contribution in [0.25, 0.3) is 0 Å². The van der Waals surface area contributed by atoms with Crippen molar-refractivity contribution in [2.75, 3.05) is 19.8 Å². The lowest BCUT2D eigenvalue weighted by atomic mass is 9.98. The van der Waals surface area contributed by atoms with Gasteiger partial charge in [0.25, 0.3) is 5.91 Å². The number of carbonyl (C=O) groups is 4. The first-order valence-corrected chi connectivity index (χ1v) is 15.8. The molecule has 0 aliphatic heterocycles. The minimum atomic E-state index is -1.15. The number of benzene rings is 1. The minimum absolute atomic E-state index is 0.0523. The van der Waals surface area contributed by atoms with Gasteiger partial charge in [0.05, 0.1) is 31.9 Å². The van der Waals surface area contributed by atoms with Crippen molar-refractivity contribution in [2.45, 2.75) is 78.7 Å². The van der Waals surface area contributed by atoms with Gasteiger partial charge in [0.15, 0.2) is 0 Å². The van der Waals surface area contributed by atoms with Gasteiger partial charge in [-0.1, -0.05) is 64.1 Å². The second-order valence-corrected chi connectivity index (χ2v) is 12.0. The predicted molar refractivity (Wildman–Crippen MR) is 169 cm³/mol. The van der Waals surface area contributed by atoms with Crippen molar-refractivity contribution in [3.63, 3.8) is 0 Å². The molecule has 1 aromatic heterocycles. The van der Waals surface area contributed by atoms with E-state index in [1.54, 1.807) is 46.6 Å². The second-order valence-electron chi connectivity index (χ2n) is 11.0. The largest absolute Gasteiger partial charge is 0.450 e. The average molecular weight is 634 g/mol. The molecule has 1 aromatic carbocycles. The highest BCUT2D eigenvalue weighted by molar-refractivity contribution is 7.09. The Kier molecular flexibility index (Phi) is 15.7. The molecule has 4 amide bonds. The fourth-order valence-electron chi connectivity index (χ4n) is 4.41. The van der Waals surface area contributed by atoms with Gasteiger partial charge in [-0.25, -0.2) is 14.6 Å². The van der Waals surface area contributed by atoms with Crippen molar-refractivity contribution >= 4 is 35.3 Å². The number of nitrogens with one attached hydrogen (secondary N) is 4. The lowest BCUT2D eigenvalue weighted by Gasteiger charge is -2.33. The Morgan fingerprint density at radius 2 is 1.39 bits per heavy atom. The third-order valence-electron chi connectivity index (χ3n) is 6.69. The van der Waals surface area contributed by atoms with Crippen molar-refractivity contribution in [1.29, 1.82) is 0 Å². The molecule has 4 atom stereocenters. The van der Waals surface area contributed by atoms with Gasteiger partial charge in [-0.05, 0) is 49.1 Å². The van der Waals surface area contributed by atoms with E-state index in [1.165, 1.54) is 11.3 Å². The van der Waals surface area contributed by atoms with Crippen LogP contribution in [0.4, 0.5) is 9.59 Å². The summed E-state index contributed by atoms with van der Waals surface area (Å²) in [5.41, 5.74) is 3.73. The number of ether oxygens (including phenoxy) is 2. The molecule has 0 unspecified atom stereocenters. The smallest absolute Gasteiger partial charge is 0.407 e. The number of aliphatic hydroxyl groups excluding tert-OH is 1. The quantitative estimate of drug-likeness (QED) is 0.166. The third kappa shape index (κ3) is 12.5. The van der Waals surface area contributed by atoms with Crippen molar-refractivity contribution in [3.05, 3.63) is 58.3 Å². The van der Waals surface area contributed by atoms with Crippen LogP contribution in [-0.4, -0.2) is 78.1 Å². The topological polar surface area (TPSA) is 158 Å². The van der Waals surface area contributed by atoms with Crippen molar-refractivity contribution in [1.82, 2.24) is 26.4 Å². The molecule has 2 aromatic rings. The van der Waals surface area contributed by atoms with E-state index < -0.39 is 48.2 Å². The Morgan fingerprint density at radius 3 is 1.89 bits per heavy atom. The third-order valence-corrected chi connectivity index (χ3v) is 7.55. The number of hydrogen-bond donors (Lipinski definition) is 5. The van der Waals surface area contributed by atoms with E-state index in [0.29, 0.717) is 0 Å². The van der Waals surface area contributed by atoms with E-state index in [0.717, 1.165) is 10.4 Å². The molecule has 0 saturated heterocycles. The van der Waals surface area contributed by atoms with Crippen molar-refractivity contribution in [3.8, 4) is 0 Å². The molecule has 12 nitrogen and oxygen atoms in total. The van der Waals surface area contributed by atoms with Crippen LogP contribution >= 0.6 is 11.3 Å². The van der Waals surface area contributed by atoms with E-state index in [9.17, 15) is 24.3 Å². The Morgan fingerprint density at radius 1 is 0.818 bits per heavy atom. The van der Waals surface area contributed by atoms with Crippen LogP contribution in [0, 0.1) is 11.8 Å². The SMILES string of the molecule is CCOC(=O)N[C@H](C(=O)N[C@@H](Cc1ccccc1)[C@@H](O)CN(Cc1cccs1)NC(=O)[C@@H](NC(=O)OCC)C(C)C)C(C)C. The molecule has 1 heterocycles. The summed E-state index contributed by atoms with van der Waals surface area (Å²) in [4.78, 5) is 52.0. The number of nitrogens with zero attached hydrogens (tertiary/aromatic N) is 1. The van der Waals surface area contributed by atoms with Crippen LogP contribution in [0.15, 0.2) is 47.8 Å². The molecular formula is C31H47N5O7S. The summed E-state index contributed by atoms with van der Waals surface area (Å²) >= 11 is 1.49. The number of rotatable bonds is 17. The average Bonchev–Trinajstić information content (AvgIpc) is 3.47. The molecule has 0 aliphatic carbocycles. The molecule has 244 valence electrons. The summed E-state index contributed by atoms with van der Waals surface area (Å²) in [6.45, 7) is 11.1. The molecule has 0 bridgehead atoms. The van der Waals surface area contributed by atoms with Crippen molar-refractivity contribution < 1.29 is 33.8 Å². The van der Waals surface area contributed by atoms with Crippen LogP contribution in [0.3, 0.4) is 0 Å². The van der Waals surface area contributed by atoms with E-state index in [-0.39, 0.29) is 44.6 Å². The van der Waals surface area contributed by atoms with E-state index >= 15 is 0 Å². The summed E-state index contributed by atoms with van der Waals surface area (Å²) in [7, 11) is 0. The Balaban J connectivity index is 2.30. The van der Waals surface area contributed by atoms with Gasteiger partial charge in [-0.3, -0.25) is 15.0 Å². The van der Waals surface area contributed by atoms with Gasteiger partial charge in [-0.2, -0.15) is 0 Å². The van der Waals surface area contributed by atoms with Gasteiger partial charge in [0, 0.05) is 11.4 Å². The summed E-state index contributed by atoms with van der Waals surface area (Å²) in [6.07, 6.45) is -2.27. The summed E-state index contributed by atoms with van der Waals surface area (Å²) in [6, 6.07) is 10.6. The standard InChI is InChI=1S/C31H47N5O7S/c1-7-42-30(40)33-26(20(3)4)28(38)32-24(17-22-13-10-9-11-14-22)25(37)19-36(18-23-15-12-16-44-23)35-29(39)27(21(5)6)34-31(41)43-8-2/h9-16,20-21,24-27,37H,7-8,17-19H2,1-6H3,(H,32,38)(H,33,40)(H,34,41)(H,35,39)/t24-,25-,26-,27-/m0/s1. The maximum absolute atomic E-state index is 13.4. The first kappa shape index (κ1) is 36.5. The molecule has 0 spiro atoms. The molecule has 2 rings (SSSR count). The maximum atomic E-state index is 13.4. The number of hydrogen-bond acceptors (Lipinski definition) is 9. The van der Waals surface area contributed by atoms with Crippen LogP contribution in [0.5, 0.6) is 0 Å². The van der Waals surface area contributed by atoms with Gasteiger partial charge in [0.1, 0.15) is 12.1 Å². The second kappa shape index (κ2) is 18.9. The number of aliphatic hydroxyl groups is 1. The zero-order valence-electron chi connectivity index (χ0n) is 26.4. The molecule has 13 heteroatoms. The first-order valence-electron chi connectivity index (χ1n) is 14.9. The molecule has 5 N–H and O–H groups in total. The van der Waals surface area contributed by atoms with Crippen LogP contribution in [-0.2, 0) is 32.0 Å². The van der Waals surface area contributed by atoms with Crippen molar-refractivity contribution in [2.24, 2.45) is 11.8 Å². The number of amides is 4. The molecule has 0 aliphatic rings. The lowest BCUT2D eigenvalue weighted by Crippen LogP contribution is -2.59. The summed E-state index contributed by atoms with van der Waals surface area (Å²) in [5.74, 6) is -1.46. The molecular weight excluding hydrogens is 586 g/mol. The zero-order chi connectivity index (χ0) is 32.6. The monoisotopic (exact) mass is 633 g/mol. The van der Waals surface area contributed by atoms with Gasteiger partial charge >= 0.3 is 12.2 Å². The van der Waals surface area contributed by atoms with Gasteiger partial charge in [0.2, 0.25) is 5.91 Å². The Labute approximate surface area is 263 Å². The fraction of sp³-hybridized carbons (Fsp3) is 0.548. The minimum Gasteiger partial charge on any atom is -0.450 e. The van der Waals surface area contributed by atoms with E-state index in [4.69, 9.17) is 9.47 Å². The normalized spacial score (nSPS) is 14.0. The Hall–Kier alpha value is -3.68. The predicted octanol–water partition coefficient (Wildman–Crippen LogP) is 3.21. The van der Waals surface area contributed by atoms with Crippen LogP contribution in [0.1, 0.15) is 52.0 Å². The van der Waals surface area contributed by atoms with E-state index in [2.05, 4.69) is 21.4 Å². The molecule has 0 fully saturated rings. The molecule has 0 radical (unpaired) electrons. The highest BCUT2D eigenvalue weighted by atomic mass is 32.1. The summed E-state index contributed by atoms with van der Waals surface area (Å²) in [5, 5.41) is 23.2. The highest BCUT2D eigenvalue weighted by Crippen LogP contribution is 2.15. The Bertz CT molecular complexity index is 1160. The van der Waals surface area contributed by atoms with Gasteiger partial charge in [-0.15, -0.1) is 11.3 Å². The van der Waals surface area contributed by atoms with Crippen LogP contribution < -0.4 is 21.4 Å². The number of hydrazine groups is 1. The number of alkyl carbamates (subject to hydrolysis) is 2. The summed E-state index contributed by atoms with van der Waals surface area (Å²) < 4.78 is 9.94. The highest BCUT2D eigenvalue weighted by Gasteiger charge is 2.32. The number of carbonyl (C=O) groups excluding carboxylic acids is 4. The molecule has 44 heavy (non-hydrogen) atoms. The van der Waals surface area contributed by atoms with Gasteiger partial charge < -0.3 is 30.5 Å². The van der Waals surface area contributed by atoms with Crippen LogP contribution in [0.2, 0.25) is 0 Å². The number of thiophene rings is 1. The van der Waals surface area contributed by atoms with E-state index in [1.807, 2.05) is 47.8 Å². The zero-order valence-corrected chi connectivity index (χ0v) is 27.2. The molecule has 0 saturated carbocycles. The fourth-order valence-corrected chi connectivity index (χ4v) is 5.13. The first-order chi connectivity index (χ1) is 20.9. The lowest BCUT2D eigenvalue weighted by molar-refractivity contribution is -0.131.